The van der Waals surface area contributed by atoms with Crippen molar-refractivity contribution in [2.24, 2.45) is 0 Å². The van der Waals surface area contributed by atoms with Crippen molar-refractivity contribution < 1.29 is 14.6 Å². The van der Waals surface area contributed by atoms with E-state index in [9.17, 15) is 5.11 Å². The molecule has 0 bridgehead atoms. The monoisotopic (exact) mass is 200 g/mol. The molecule has 0 fully saturated rings. The Bertz CT molecular complexity index is 193. The van der Waals surface area contributed by atoms with Gasteiger partial charge in [-0.25, -0.2) is 0 Å². The molecule has 0 aromatic heterocycles. The van der Waals surface area contributed by atoms with E-state index in [1.807, 2.05) is 6.92 Å². The second-order valence-electron chi connectivity index (χ2n) is 3.22. The van der Waals surface area contributed by atoms with Crippen LogP contribution in [0.3, 0.4) is 0 Å². The molecule has 82 valence electrons. The highest BCUT2D eigenvalue weighted by Gasteiger charge is 2.35. The van der Waals surface area contributed by atoms with Gasteiger partial charge in [-0.05, 0) is 12.8 Å². The quantitative estimate of drug-likeness (QED) is 0.640. The largest absolute Gasteiger partial charge is 0.498 e. The van der Waals surface area contributed by atoms with Gasteiger partial charge in [-0.3, -0.25) is 0 Å². The Labute approximate surface area is 86.0 Å². The van der Waals surface area contributed by atoms with Gasteiger partial charge in [0.05, 0.1) is 14.2 Å². The van der Waals surface area contributed by atoms with Gasteiger partial charge >= 0.3 is 0 Å². The molecule has 1 N–H and O–H groups in total. The summed E-state index contributed by atoms with van der Waals surface area (Å²) in [6.07, 6.45) is 2.36. The molecule has 0 saturated heterocycles. The number of unbranched alkanes of at least 4 members (excludes halogenated alkanes) is 1. The summed E-state index contributed by atoms with van der Waals surface area (Å²) in [4.78, 5) is 0. The van der Waals surface area contributed by atoms with Gasteiger partial charge < -0.3 is 14.6 Å². The standard InChI is InChI=1S/C11H20O3/c1-6-7-8-11(12,9(2)13-4)10(3)14-5/h12H,2-3,6-8H2,1,4-5H3. The SMILES string of the molecule is C=C(OC)C(O)(CCCC)C(=C)OC. The molecule has 14 heavy (non-hydrogen) atoms. The fourth-order valence-electron chi connectivity index (χ4n) is 1.20. The van der Waals surface area contributed by atoms with Crippen LogP contribution in [-0.2, 0) is 9.47 Å². The highest BCUT2D eigenvalue weighted by molar-refractivity contribution is 5.20. The molecule has 0 amide bonds. The van der Waals surface area contributed by atoms with Gasteiger partial charge in [0, 0.05) is 0 Å². The summed E-state index contributed by atoms with van der Waals surface area (Å²) >= 11 is 0. The maximum atomic E-state index is 10.2. The van der Waals surface area contributed by atoms with Gasteiger partial charge in [0.1, 0.15) is 11.5 Å². The smallest absolute Gasteiger partial charge is 0.177 e. The van der Waals surface area contributed by atoms with E-state index in [0.29, 0.717) is 6.42 Å². The lowest BCUT2D eigenvalue weighted by molar-refractivity contribution is 0.00358. The van der Waals surface area contributed by atoms with Gasteiger partial charge in [0.25, 0.3) is 0 Å². The third-order valence-corrected chi connectivity index (χ3v) is 2.31. The van der Waals surface area contributed by atoms with Crippen LogP contribution in [0.15, 0.2) is 24.7 Å². The van der Waals surface area contributed by atoms with Crippen LogP contribution >= 0.6 is 0 Å². The van der Waals surface area contributed by atoms with Crippen molar-refractivity contribution in [1.29, 1.82) is 0 Å². The van der Waals surface area contributed by atoms with Crippen molar-refractivity contribution in [3.05, 3.63) is 24.7 Å². The molecule has 0 aliphatic carbocycles. The van der Waals surface area contributed by atoms with Crippen LogP contribution in [0.1, 0.15) is 26.2 Å². The van der Waals surface area contributed by atoms with Gasteiger partial charge in [0.2, 0.25) is 0 Å². The minimum absolute atomic E-state index is 0.276. The van der Waals surface area contributed by atoms with Gasteiger partial charge in [-0.1, -0.05) is 26.5 Å². The molecule has 3 nitrogen and oxygen atoms in total. The number of hydrogen-bond acceptors (Lipinski definition) is 3. The van der Waals surface area contributed by atoms with Gasteiger partial charge in [0.15, 0.2) is 5.60 Å². The first-order chi connectivity index (χ1) is 6.52. The van der Waals surface area contributed by atoms with E-state index in [0.717, 1.165) is 12.8 Å². The van der Waals surface area contributed by atoms with E-state index in [1.165, 1.54) is 14.2 Å². The van der Waals surface area contributed by atoms with Gasteiger partial charge in [-0.2, -0.15) is 0 Å². The average molecular weight is 200 g/mol. The van der Waals surface area contributed by atoms with E-state index in [4.69, 9.17) is 9.47 Å². The molecule has 0 atom stereocenters. The van der Waals surface area contributed by atoms with Crippen LogP contribution < -0.4 is 0 Å². The van der Waals surface area contributed by atoms with E-state index < -0.39 is 5.60 Å². The molecule has 0 aromatic rings. The third kappa shape index (κ3) is 2.77. The van der Waals surface area contributed by atoms with E-state index in [1.54, 1.807) is 0 Å². The lowest BCUT2D eigenvalue weighted by atomic mass is 9.93. The minimum Gasteiger partial charge on any atom is -0.498 e. The Morgan fingerprint density at radius 1 is 1.21 bits per heavy atom. The third-order valence-electron chi connectivity index (χ3n) is 2.31. The number of methoxy groups -OCH3 is 2. The fourth-order valence-corrected chi connectivity index (χ4v) is 1.20. The fraction of sp³-hybridized carbons (Fsp3) is 0.636. The predicted octanol–water partition coefficient (Wildman–Crippen LogP) is 2.23. The van der Waals surface area contributed by atoms with Crippen molar-refractivity contribution in [3.63, 3.8) is 0 Å². The molecule has 0 spiro atoms. The highest BCUT2D eigenvalue weighted by Crippen LogP contribution is 2.30. The van der Waals surface area contributed by atoms with Gasteiger partial charge in [-0.15, -0.1) is 0 Å². The second kappa shape index (κ2) is 5.70. The summed E-state index contributed by atoms with van der Waals surface area (Å²) in [5.41, 5.74) is -1.26. The molecule has 0 aromatic carbocycles. The molecular formula is C11H20O3. The first-order valence-electron chi connectivity index (χ1n) is 4.72. The van der Waals surface area contributed by atoms with Crippen molar-refractivity contribution in [2.45, 2.75) is 31.8 Å². The molecule has 0 heterocycles. The van der Waals surface area contributed by atoms with Crippen LogP contribution in [-0.4, -0.2) is 24.9 Å². The zero-order valence-electron chi connectivity index (χ0n) is 9.30. The maximum absolute atomic E-state index is 10.2. The highest BCUT2D eigenvalue weighted by atomic mass is 16.5. The summed E-state index contributed by atoms with van der Waals surface area (Å²) in [7, 11) is 2.95. The summed E-state index contributed by atoms with van der Waals surface area (Å²) in [6.45, 7) is 9.36. The summed E-state index contributed by atoms with van der Waals surface area (Å²) in [5.74, 6) is 0.551. The zero-order valence-corrected chi connectivity index (χ0v) is 9.30. The number of aliphatic hydroxyl groups is 1. The van der Waals surface area contributed by atoms with Crippen molar-refractivity contribution in [1.82, 2.24) is 0 Å². The molecule has 0 saturated carbocycles. The summed E-state index contributed by atoms with van der Waals surface area (Å²) in [6, 6.07) is 0. The summed E-state index contributed by atoms with van der Waals surface area (Å²) < 4.78 is 9.90. The second-order valence-corrected chi connectivity index (χ2v) is 3.22. The lowest BCUT2D eigenvalue weighted by Gasteiger charge is -2.29. The van der Waals surface area contributed by atoms with E-state index in [-0.39, 0.29) is 11.5 Å². The Hall–Kier alpha value is -0.960. The van der Waals surface area contributed by atoms with Crippen molar-refractivity contribution >= 4 is 0 Å². The van der Waals surface area contributed by atoms with Crippen molar-refractivity contribution in [3.8, 4) is 0 Å². The molecule has 3 heteroatoms. The first-order valence-corrected chi connectivity index (χ1v) is 4.72. The topological polar surface area (TPSA) is 38.7 Å². The molecule has 0 rings (SSSR count). The zero-order chi connectivity index (χ0) is 11.2. The molecule has 0 aliphatic rings. The van der Waals surface area contributed by atoms with Crippen LogP contribution in [0, 0.1) is 0 Å². The Balaban J connectivity index is 4.65. The lowest BCUT2D eigenvalue weighted by Crippen LogP contribution is -2.34. The van der Waals surface area contributed by atoms with Crippen molar-refractivity contribution in [2.75, 3.05) is 14.2 Å². The normalized spacial score (nSPS) is 10.9. The Morgan fingerprint density at radius 3 is 1.93 bits per heavy atom. The van der Waals surface area contributed by atoms with Crippen LogP contribution in [0.25, 0.3) is 0 Å². The minimum atomic E-state index is -1.26. The molecule has 0 aliphatic heterocycles. The molecule has 0 unspecified atom stereocenters. The predicted molar refractivity (Wildman–Crippen MR) is 56.8 cm³/mol. The Morgan fingerprint density at radius 2 is 1.64 bits per heavy atom. The van der Waals surface area contributed by atoms with Crippen LogP contribution in [0.2, 0.25) is 0 Å². The number of rotatable bonds is 7. The Kier molecular flexibility index (Phi) is 5.31. The number of ether oxygens (including phenoxy) is 2. The summed E-state index contributed by atoms with van der Waals surface area (Å²) in [5, 5.41) is 10.2. The molecular weight excluding hydrogens is 180 g/mol. The maximum Gasteiger partial charge on any atom is 0.177 e. The van der Waals surface area contributed by atoms with Crippen LogP contribution in [0.4, 0.5) is 0 Å². The van der Waals surface area contributed by atoms with Crippen LogP contribution in [0.5, 0.6) is 0 Å². The van der Waals surface area contributed by atoms with E-state index in [2.05, 4.69) is 13.2 Å². The molecule has 0 radical (unpaired) electrons. The first kappa shape index (κ1) is 13.0. The van der Waals surface area contributed by atoms with E-state index >= 15 is 0 Å². The number of hydrogen-bond donors (Lipinski definition) is 1. The average Bonchev–Trinajstić information content (AvgIpc) is 2.23.